The Labute approximate surface area is 110 Å². The van der Waals surface area contributed by atoms with Crippen molar-refractivity contribution in [1.82, 2.24) is 10.9 Å². The first-order valence-corrected chi connectivity index (χ1v) is 5.32. The number of primary amides is 1. The van der Waals surface area contributed by atoms with Crippen molar-refractivity contribution in [3.63, 3.8) is 0 Å². The van der Waals surface area contributed by atoms with Gasteiger partial charge >= 0.3 is 6.03 Å². The zero-order valence-corrected chi connectivity index (χ0v) is 10.8. The molecule has 0 saturated heterocycles. The molecule has 98 valence electrons. The van der Waals surface area contributed by atoms with Crippen molar-refractivity contribution in [2.45, 2.75) is 0 Å². The van der Waals surface area contributed by atoms with Crippen LogP contribution in [0.1, 0.15) is 0 Å². The summed E-state index contributed by atoms with van der Waals surface area (Å²) in [6.45, 7) is 0. The number of nitrogens with one attached hydrogen (secondary N) is 3. The monoisotopic (exact) mass is 270 g/mol. The first kappa shape index (κ1) is 13.8. The Morgan fingerprint density at radius 2 is 1.89 bits per heavy atom. The molecule has 0 spiro atoms. The van der Waals surface area contributed by atoms with E-state index in [-0.39, 0.29) is 5.11 Å². The first-order valence-electron chi connectivity index (χ1n) is 4.91. The van der Waals surface area contributed by atoms with Gasteiger partial charge in [0.05, 0.1) is 14.2 Å². The van der Waals surface area contributed by atoms with E-state index in [1.54, 1.807) is 25.3 Å². The quantitative estimate of drug-likeness (QED) is 0.473. The lowest BCUT2D eigenvalue weighted by molar-refractivity contribution is 0.247. The molecule has 7 nitrogen and oxygen atoms in total. The lowest BCUT2D eigenvalue weighted by atomic mass is 10.3. The van der Waals surface area contributed by atoms with Crippen LogP contribution in [0.4, 0.5) is 10.5 Å². The lowest BCUT2D eigenvalue weighted by Crippen LogP contribution is -2.46. The van der Waals surface area contributed by atoms with Crippen LogP contribution in [-0.4, -0.2) is 25.4 Å². The number of amides is 2. The first-order chi connectivity index (χ1) is 8.56. The Balaban J connectivity index is 2.67. The predicted molar refractivity (Wildman–Crippen MR) is 71.6 cm³/mol. The lowest BCUT2D eigenvalue weighted by Gasteiger charge is -2.12. The molecular formula is C10H14N4O3S. The Hall–Kier alpha value is -2.22. The zero-order valence-electron chi connectivity index (χ0n) is 9.94. The molecule has 0 radical (unpaired) electrons. The number of methoxy groups -OCH3 is 2. The number of hydrazine groups is 1. The van der Waals surface area contributed by atoms with Crippen molar-refractivity contribution in [2.24, 2.45) is 5.73 Å². The van der Waals surface area contributed by atoms with Crippen LogP contribution < -0.4 is 31.4 Å². The summed E-state index contributed by atoms with van der Waals surface area (Å²) >= 11 is 4.93. The average Bonchev–Trinajstić information content (AvgIpc) is 2.36. The molecule has 1 rings (SSSR count). The van der Waals surface area contributed by atoms with Crippen LogP contribution >= 0.6 is 12.2 Å². The van der Waals surface area contributed by atoms with Gasteiger partial charge in [-0.1, -0.05) is 0 Å². The molecular weight excluding hydrogens is 256 g/mol. The number of carbonyl (C=O) groups excluding carboxylic acids is 1. The summed E-state index contributed by atoms with van der Waals surface area (Å²) in [6.07, 6.45) is 0. The van der Waals surface area contributed by atoms with Gasteiger partial charge in [0, 0.05) is 11.8 Å². The SMILES string of the molecule is COc1ccc(NC(=S)NNC(N)=O)cc1OC. The standard InChI is InChI=1S/C10H14N4O3S/c1-16-7-4-3-6(5-8(7)17-2)12-10(18)14-13-9(11)15/h3-5H,1-2H3,(H3,11,13,15)(H2,12,14,18). The molecule has 0 saturated carbocycles. The van der Waals surface area contributed by atoms with Crippen LogP contribution in [0.2, 0.25) is 0 Å². The number of nitrogens with two attached hydrogens (primary N) is 1. The largest absolute Gasteiger partial charge is 0.493 e. The third kappa shape index (κ3) is 3.98. The maximum absolute atomic E-state index is 10.5. The van der Waals surface area contributed by atoms with E-state index >= 15 is 0 Å². The summed E-state index contributed by atoms with van der Waals surface area (Å²) in [5, 5.41) is 3.03. The number of anilines is 1. The molecule has 0 heterocycles. The van der Waals surface area contributed by atoms with Gasteiger partial charge in [0.15, 0.2) is 16.6 Å². The number of hydrogen-bond acceptors (Lipinski definition) is 4. The van der Waals surface area contributed by atoms with E-state index in [2.05, 4.69) is 16.2 Å². The highest BCUT2D eigenvalue weighted by Crippen LogP contribution is 2.29. The molecule has 8 heteroatoms. The van der Waals surface area contributed by atoms with Crippen molar-refractivity contribution in [3.8, 4) is 11.5 Å². The van der Waals surface area contributed by atoms with Crippen molar-refractivity contribution < 1.29 is 14.3 Å². The number of carbonyl (C=O) groups is 1. The molecule has 5 N–H and O–H groups in total. The number of ether oxygens (including phenoxy) is 2. The van der Waals surface area contributed by atoms with Gasteiger partial charge in [0.25, 0.3) is 0 Å². The Bertz CT molecular complexity index is 453. The Kier molecular flexibility index (Phi) is 5.00. The Morgan fingerprint density at radius 3 is 2.44 bits per heavy atom. The van der Waals surface area contributed by atoms with E-state index in [0.29, 0.717) is 17.2 Å². The van der Waals surface area contributed by atoms with Crippen LogP contribution in [0.15, 0.2) is 18.2 Å². The summed E-state index contributed by atoms with van der Waals surface area (Å²) in [7, 11) is 3.08. The number of thiocarbonyl (C=S) groups is 1. The molecule has 1 aromatic rings. The van der Waals surface area contributed by atoms with Crippen molar-refractivity contribution in [2.75, 3.05) is 19.5 Å². The minimum atomic E-state index is -0.730. The fourth-order valence-corrected chi connectivity index (χ4v) is 1.36. The molecule has 0 fully saturated rings. The summed E-state index contributed by atoms with van der Waals surface area (Å²) < 4.78 is 10.2. The fourth-order valence-electron chi connectivity index (χ4n) is 1.19. The molecule has 18 heavy (non-hydrogen) atoms. The molecule has 0 unspecified atom stereocenters. The van der Waals surface area contributed by atoms with Gasteiger partial charge in [-0.2, -0.15) is 0 Å². The third-order valence-electron chi connectivity index (χ3n) is 1.94. The van der Waals surface area contributed by atoms with Crippen LogP contribution in [0.3, 0.4) is 0 Å². The number of urea groups is 1. The van der Waals surface area contributed by atoms with Gasteiger partial charge in [-0.3, -0.25) is 5.43 Å². The van der Waals surface area contributed by atoms with E-state index in [9.17, 15) is 4.79 Å². The second kappa shape index (κ2) is 6.50. The molecule has 0 aliphatic rings. The van der Waals surface area contributed by atoms with Gasteiger partial charge in [-0.05, 0) is 24.4 Å². The number of benzene rings is 1. The number of hydrogen-bond donors (Lipinski definition) is 4. The summed E-state index contributed by atoms with van der Waals surface area (Å²) in [4.78, 5) is 10.5. The predicted octanol–water partition coefficient (Wildman–Crippen LogP) is 0.574. The number of rotatable bonds is 3. The fraction of sp³-hybridized carbons (Fsp3) is 0.200. The smallest absolute Gasteiger partial charge is 0.330 e. The van der Waals surface area contributed by atoms with Crippen LogP contribution in [0, 0.1) is 0 Å². The minimum absolute atomic E-state index is 0.195. The maximum atomic E-state index is 10.5. The van der Waals surface area contributed by atoms with Crippen molar-refractivity contribution in [3.05, 3.63) is 18.2 Å². The Morgan fingerprint density at radius 1 is 1.22 bits per heavy atom. The third-order valence-corrected chi connectivity index (χ3v) is 2.14. The molecule has 2 amide bonds. The summed E-state index contributed by atoms with van der Waals surface area (Å²) in [5.74, 6) is 1.17. The molecule has 1 aromatic carbocycles. The van der Waals surface area contributed by atoms with E-state index in [4.69, 9.17) is 27.4 Å². The van der Waals surface area contributed by atoms with Gasteiger partial charge in [-0.15, -0.1) is 0 Å². The van der Waals surface area contributed by atoms with Crippen molar-refractivity contribution in [1.29, 1.82) is 0 Å². The van der Waals surface area contributed by atoms with Gasteiger partial charge in [0.1, 0.15) is 0 Å². The van der Waals surface area contributed by atoms with Gasteiger partial charge < -0.3 is 20.5 Å². The summed E-state index contributed by atoms with van der Waals surface area (Å²) in [6, 6.07) is 4.45. The second-order valence-corrected chi connectivity index (χ2v) is 3.55. The normalized spacial score (nSPS) is 9.22. The van der Waals surface area contributed by atoms with Gasteiger partial charge in [-0.25, -0.2) is 10.2 Å². The zero-order chi connectivity index (χ0) is 13.5. The molecule has 0 atom stereocenters. The van der Waals surface area contributed by atoms with Gasteiger partial charge in [0.2, 0.25) is 0 Å². The highest BCUT2D eigenvalue weighted by molar-refractivity contribution is 7.80. The highest BCUT2D eigenvalue weighted by atomic mass is 32.1. The molecule has 0 bridgehead atoms. The van der Waals surface area contributed by atoms with E-state index in [1.165, 1.54) is 7.11 Å². The topological polar surface area (TPSA) is 97.6 Å². The van der Waals surface area contributed by atoms with E-state index in [0.717, 1.165) is 0 Å². The van der Waals surface area contributed by atoms with Crippen LogP contribution in [0.25, 0.3) is 0 Å². The van der Waals surface area contributed by atoms with Crippen LogP contribution in [-0.2, 0) is 0 Å². The summed E-state index contributed by atoms with van der Waals surface area (Å²) in [5.41, 5.74) is 10.1. The minimum Gasteiger partial charge on any atom is -0.493 e. The van der Waals surface area contributed by atoms with E-state index in [1.807, 2.05) is 0 Å². The molecule has 0 aliphatic heterocycles. The highest BCUT2D eigenvalue weighted by Gasteiger charge is 2.05. The molecule has 0 aliphatic carbocycles. The maximum Gasteiger partial charge on any atom is 0.330 e. The average molecular weight is 270 g/mol. The second-order valence-electron chi connectivity index (χ2n) is 3.14. The van der Waals surface area contributed by atoms with Crippen molar-refractivity contribution >= 4 is 29.0 Å². The molecule has 0 aromatic heterocycles. The van der Waals surface area contributed by atoms with Crippen LogP contribution in [0.5, 0.6) is 11.5 Å². The van der Waals surface area contributed by atoms with E-state index < -0.39 is 6.03 Å².